The Hall–Kier alpha value is -1.84. The third kappa shape index (κ3) is 3.36. The van der Waals surface area contributed by atoms with Gasteiger partial charge in [0.25, 0.3) is 0 Å². The van der Waals surface area contributed by atoms with Gasteiger partial charge < -0.3 is 5.84 Å². The maximum Gasteiger partial charge on any atom is 0.0510 e. The molecule has 0 saturated carbocycles. The first-order chi connectivity index (χ1) is 5.89. The molecule has 0 aromatic carbocycles. The summed E-state index contributed by atoms with van der Waals surface area (Å²) in [5.74, 6) is 5.08. The van der Waals surface area contributed by atoms with Gasteiger partial charge in [-0.3, -0.25) is 4.98 Å². The second kappa shape index (κ2) is 4.90. The first kappa shape index (κ1) is 8.26. The Labute approximate surface area is 70.6 Å². The van der Waals surface area contributed by atoms with E-state index < -0.39 is 0 Å². The molecule has 0 aliphatic carbocycles. The van der Waals surface area contributed by atoms with Gasteiger partial charge in [-0.2, -0.15) is 9.89 Å². The van der Waals surface area contributed by atoms with Crippen LogP contribution in [0.3, 0.4) is 0 Å². The van der Waals surface area contributed by atoms with E-state index in [-0.39, 0.29) is 0 Å². The molecule has 2 rings (SSSR count). The minimum atomic E-state index is 1.25. The van der Waals surface area contributed by atoms with Gasteiger partial charge in [-0.25, -0.2) is 0 Å². The maximum atomic E-state index is 5.08. The molecule has 0 atom stereocenters. The van der Waals surface area contributed by atoms with Gasteiger partial charge in [0.05, 0.1) is 6.20 Å². The summed E-state index contributed by atoms with van der Waals surface area (Å²) >= 11 is 0. The van der Waals surface area contributed by atoms with Crippen molar-refractivity contribution in [2.75, 3.05) is 5.84 Å². The predicted octanol–water partition coefficient (Wildman–Crippen LogP) is 0.678. The van der Waals surface area contributed by atoms with E-state index >= 15 is 0 Å². The molecule has 0 spiro atoms. The van der Waals surface area contributed by atoms with Crippen molar-refractivity contribution in [3.63, 3.8) is 0 Å². The molecule has 0 aliphatic rings. The van der Waals surface area contributed by atoms with E-state index in [1.54, 1.807) is 30.9 Å². The van der Waals surface area contributed by atoms with Crippen molar-refractivity contribution in [2.24, 2.45) is 0 Å². The highest BCUT2D eigenvalue weighted by Gasteiger charge is 1.69. The van der Waals surface area contributed by atoms with Crippen LogP contribution in [-0.2, 0) is 0 Å². The lowest BCUT2D eigenvalue weighted by Crippen LogP contribution is -2.06. The minimum absolute atomic E-state index is 1.25. The van der Waals surface area contributed by atoms with Gasteiger partial charge in [-0.05, 0) is 18.2 Å². The largest absolute Gasteiger partial charge is 0.323 e. The fraction of sp³-hybridized carbons (Fsp3) is 0. The molecule has 0 fully saturated rings. The lowest BCUT2D eigenvalue weighted by Gasteiger charge is -1.78. The van der Waals surface area contributed by atoms with E-state index in [2.05, 4.69) is 10.1 Å². The van der Waals surface area contributed by atoms with Gasteiger partial charge in [-0.15, -0.1) is 0 Å². The zero-order valence-electron chi connectivity index (χ0n) is 6.54. The zero-order chi connectivity index (χ0) is 8.65. The molecule has 0 bridgehead atoms. The highest BCUT2D eigenvalue weighted by atomic mass is 15.5. The fourth-order valence-corrected chi connectivity index (χ4v) is 0.593. The van der Waals surface area contributed by atoms with Crippen LogP contribution in [0.15, 0.2) is 49.1 Å². The Morgan fingerprint density at radius 3 is 1.83 bits per heavy atom. The van der Waals surface area contributed by atoms with Crippen molar-refractivity contribution in [3.05, 3.63) is 49.1 Å². The van der Waals surface area contributed by atoms with Crippen molar-refractivity contribution >= 4 is 0 Å². The summed E-state index contributed by atoms with van der Waals surface area (Å²) in [4.78, 5) is 5.03. The third-order valence-corrected chi connectivity index (χ3v) is 1.09. The van der Waals surface area contributed by atoms with Gasteiger partial charge in [0.15, 0.2) is 0 Å². The Balaban J connectivity index is 0.000000120. The summed E-state index contributed by atoms with van der Waals surface area (Å²) in [6, 6.07) is 7.48. The summed E-state index contributed by atoms with van der Waals surface area (Å²) in [7, 11) is 0. The molecule has 12 heavy (non-hydrogen) atoms. The predicted molar refractivity (Wildman–Crippen MR) is 46.6 cm³/mol. The van der Waals surface area contributed by atoms with E-state index in [4.69, 9.17) is 5.84 Å². The quantitative estimate of drug-likeness (QED) is 0.579. The first-order valence-corrected chi connectivity index (χ1v) is 3.49. The number of nitrogens with zero attached hydrogens (tertiary/aromatic N) is 3. The second-order valence-electron chi connectivity index (χ2n) is 2.01. The van der Waals surface area contributed by atoms with E-state index in [1.165, 1.54) is 4.79 Å². The zero-order valence-corrected chi connectivity index (χ0v) is 6.54. The summed E-state index contributed by atoms with van der Waals surface area (Å²) < 4.78 is 0. The number of hydrogen-bond acceptors (Lipinski definition) is 3. The van der Waals surface area contributed by atoms with Gasteiger partial charge >= 0.3 is 0 Å². The van der Waals surface area contributed by atoms with E-state index in [0.29, 0.717) is 0 Å². The van der Waals surface area contributed by atoms with Crippen molar-refractivity contribution in [1.29, 1.82) is 0 Å². The van der Waals surface area contributed by atoms with Gasteiger partial charge in [-0.1, -0.05) is 6.07 Å². The van der Waals surface area contributed by atoms with Crippen LogP contribution in [0.5, 0.6) is 0 Å². The molecule has 62 valence electrons. The van der Waals surface area contributed by atoms with Crippen LogP contribution in [-0.4, -0.2) is 14.9 Å². The Bertz CT molecular complexity index is 250. The molecule has 0 aliphatic heterocycles. The number of pyridine rings is 1. The van der Waals surface area contributed by atoms with Crippen LogP contribution >= 0.6 is 0 Å². The standard InChI is InChI=1S/C5H5N.C3H5N3/c1-2-4-6-5-3-1;4-6-3-1-2-5-6/h1-5H;1-3H,4H2. The van der Waals surface area contributed by atoms with Crippen molar-refractivity contribution in [3.8, 4) is 0 Å². The van der Waals surface area contributed by atoms with Gasteiger partial charge in [0, 0.05) is 18.6 Å². The van der Waals surface area contributed by atoms with Crippen LogP contribution < -0.4 is 5.84 Å². The molecular formula is C8H10N4. The minimum Gasteiger partial charge on any atom is -0.323 e. The average molecular weight is 162 g/mol. The molecule has 0 saturated heterocycles. The summed E-state index contributed by atoms with van der Waals surface area (Å²) in [5.41, 5.74) is 0. The highest BCUT2D eigenvalue weighted by molar-refractivity contribution is 4.88. The Morgan fingerprint density at radius 1 is 0.917 bits per heavy atom. The van der Waals surface area contributed by atoms with Crippen molar-refractivity contribution < 1.29 is 0 Å². The monoisotopic (exact) mass is 162 g/mol. The molecule has 4 heteroatoms. The number of hydrogen-bond donors (Lipinski definition) is 1. The molecule has 0 amide bonds. The van der Waals surface area contributed by atoms with Gasteiger partial charge in [0.2, 0.25) is 0 Å². The van der Waals surface area contributed by atoms with Gasteiger partial charge in [0.1, 0.15) is 0 Å². The van der Waals surface area contributed by atoms with Crippen molar-refractivity contribution in [1.82, 2.24) is 14.9 Å². The lowest BCUT2D eigenvalue weighted by molar-refractivity contribution is 0.832. The highest BCUT2D eigenvalue weighted by Crippen LogP contribution is 1.73. The molecule has 2 N–H and O–H groups in total. The Kier molecular flexibility index (Phi) is 3.37. The lowest BCUT2D eigenvalue weighted by atomic mass is 10.5. The van der Waals surface area contributed by atoms with E-state index in [0.717, 1.165) is 0 Å². The van der Waals surface area contributed by atoms with Crippen LogP contribution in [0, 0.1) is 0 Å². The van der Waals surface area contributed by atoms with E-state index in [9.17, 15) is 0 Å². The molecular weight excluding hydrogens is 152 g/mol. The first-order valence-electron chi connectivity index (χ1n) is 3.49. The Morgan fingerprint density at radius 2 is 1.67 bits per heavy atom. The second-order valence-corrected chi connectivity index (χ2v) is 2.01. The molecule has 0 unspecified atom stereocenters. The summed E-state index contributed by atoms with van der Waals surface area (Å²) in [5, 5.41) is 3.61. The molecule has 2 heterocycles. The number of rotatable bonds is 0. The van der Waals surface area contributed by atoms with E-state index in [1.807, 2.05) is 18.2 Å². The third-order valence-electron chi connectivity index (χ3n) is 1.09. The molecule has 2 aromatic heterocycles. The smallest absolute Gasteiger partial charge is 0.0510 e. The summed E-state index contributed by atoms with van der Waals surface area (Å²) in [6.45, 7) is 0. The number of nitrogen functional groups attached to an aromatic ring is 1. The number of aromatic nitrogens is 3. The molecule has 0 radical (unpaired) electrons. The normalized spacial score (nSPS) is 8.33. The van der Waals surface area contributed by atoms with Crippen LogP contribution in [0.2, 0.25) is 0 Å². The molecule has 4 nitrogen and oxygen atoms in total. The van der Waals surface area contributed by atoms with Crippen LogP contribution in [0.25, 0.3) is 0 Å². The summed E-state index contributed by atoms with van der Waals surface area (Å²) in [6.07, 6.45) is 6.79. The average Bonchev–Trinajstić information content (AvgIpc) is 2.60. The topological polar surface area (TPSA) is 56.7 Å². The van der Waals surface area contributed by atoms with Crippen LogP contribution in [0.1, 0.15) is 0 Å². The van der Waals surface area contributed by atoms with Crippen molar-refractivity contribution in [2.45, 2.75) is 0 Å². The fourth-order valence-electron chi connectivity index (χ4n) is 0.593. The molecule has 2 aromatic rings. The maximum absolute atomic E-state index is 5.08. The number of nitrogens with two attached hydrogens (primary N) is 1. The SMILES string of the molecule is Nn1cccn1.c1ccncc1. The van der Waals surface area contributed by atoms with Crippen LogP contribution in [0.4, 0.5) is 0 Å².